The smallest absolute Gasteiger partial charge is 0.303 e. The van der Waals surface area contributed by atoms with Gasteiger partial charge in [-0.2, -0.15) is 0 Å². The van der Waals surface area contributed by atoms with E-state index < -0.39 is 5.97 Å². The molecule has 0 aromatic rings. The van der Waals surface area contributed by atoms with Crippen LogP contribution in [-0.4, -0.2) is 46.6 Å². The summed E-state index contributed by atoms with van der Waals surface area (Å²) in [6.07, 6.45) is 32.7. The summed E-state index contributed by atoms with van der Waals surface area (Å²) in [5.74, 6) is -0.358. The maximum Gasteiger partial charge on any atom is 0.303 e. The number of carboxylic acids is 1. The molecule has 1 amide bonds. The summed E-state index contributed by atoms with van der Waals surface area (Å²) in [5, 5.41) is 12.5. The molecule has 0 rings (SSSR count). The quantitative estimate of drug-likeness (QED) is 0.0676. The molecule has 0 saturated carbocycles. The van der Waals surface area contributed by atoms with Gasteiger partial charge in [-0.25, -0.2) is 5.01 Å². The van der Waals surface area contributed by atoms with E-state index in [1.807, 2.05) is 5.01 Å². The van der Waals surface area contributed by atoms with Crippen LogP contribution in [0.5, 0.6) is 0 Å². The van der Waals surface area contributed by atoms with Gasteiger partial charge < -0.3 is 5.11 Å². The number of nitrogens with zero attached hydrogens (tertiary/aromatic N) is 2. The molecule has 41 heavy (non-hydrogen) atoms. The van der Waals surface area contributed by atoms with Gasteiger partial charge in [-0.15, -0.1) is 0 Å². The van der Waals surface area contributed by atoms with Crippen LogP contribution in [0.3, 0.4) is 0 Å². The number of carboxylic acid groups (broad SMARTS) is 1. The molecular formula is C36H74N2O3. The van der Waals surface area contributed by atoms with Crippen molar-refractivity contribution in [1.29, 1.82) is 0 Å². The Morgan fingerprint density at radius 3 is 0.976 bits per heavy atom. The normalized spacial score (nSPS) is 11.0. The van der Waals surface area contributed by atoms with Gasteiger partial charge in [0.25, 0.3) is 0 Å². The molecule has 0 aliphatic rings. The maximum absolute atomic E-state index is 12.4. The van der Waals surface area contributed by atoms with Crippen molar-refractivity contribution in [1.82, 2.24) is 10.0 Å². The summed E-state index contributed by atoms with van der Waals surface area (Å²) in [6, 6.07) is 0. The number of rotatable bonds is 30. The Morgan fingerprint density at radius 1 is 0.415 bits per heavy atom. The van der Waals surface area contributed by atoms with E-state index in [0.29, 0.717) is 18.7 Å². The number of carbonyl (C=O) groups excluding carboxylic acids is 1. The largest absolute Gasteiger partial charge is 0.481 e. The van der Waals surface area contributed by atoms with Crippen LogP contribution in [-0.2, 0) is 9.59 Å². The highest BCUT2D eigenvalue weighted by atomic mass is 16.4. The predicted octanol–water partition coefficient (Wildman–Crippen LogP) is 11.3. The molecule has 246 valence electrons. The standard InChI is InChI=1S/C24H50N2O.C12H24O2/c1-5-9-10-11-12-13-14-15-16-17-18-19-20-21-22-23-24(27)26(8-4)25(6-2)7-3;1-2-3-4-5-6-7-8-9-10-11-12(13)14/h5-23H2,1-4H3;2-11H2,1H3,(H,13,14). The Labute approximate surface area is 257 Å². The third kappa shape index (κ3) is 31.7. The van der Waals surface area contributed by atoms with Crippen LogP contribution in [0.2, 0.25) is 0 Å². The van der Waals surface area contributed by atoms with E-state index in [9.17, 15) is 9.59 Å². The van der Waals surface area contributed by atoms with Crippen LogP contribution < -0.4 is 0 Å². The topological polar surface area (TPSA) is 60.9 Å². The lowest BCUT2D eigenvalue weighted by atomic mass is 10.0. The number of unbranched alkanes of at least 4 members (excludes halogenated alkanes) is 22. The Balaban J connectivity index is 0. The van der Waals surface area contributed by atoms with E-state index >= 15 is 0 Å². The molecule has 0 aromatic heterocycles. The fourth-order valence-electron chi connectivity index (χ4n) is 5.46. The number of hydrogen-bond acceptors (Lipinski definition) is 3. The lowest BCUT2D eigenvalue weighted by Crippen LogP contribution is -2.46. The molecule has 0 atom stereocenters. The highest BCUT2D eigenvalue weighted by Gasteiger charge is 2.16. The monoisotopic (exact) mass is 583 g/mol. The van der Waals surface area contributed by atoms with Crippen LogP contribution in [0, 0.1) is 0 Å². The molecule has 0 aliphatic carbocycles. The first-order chi connectivity index (χ1) is 20.0. The minimum atomic E-state index is -0.659. The van der Waals surface area contributed by atoms with Crippen molar-refractivity contribution in [3.05, 3.63) is 0 Å². The number of amides is 1. The van der Waals surface area contributed by atoms with Gasteiger partial charge in [0.15, 0.2) is 0 Å². The van der Waals surface area contributed by atoms with Crippen LogP contribution in [0.25, 0.3) is 0 Å². The van der Waals surface area contributed by atoms with Gasteiger partial charge in [-0.05, 0) is 19.8 Å². The molecule has 5 nitrogen and oxygen atoms in total. The van der Waals surface area contributed by atoms with Crippen molar-refractivity contribution in [3.63, 3.8) is 0 Å². The molecule has 0 radical (unpaired) electrons. The van der Waals surface area contributed by atoms with E-state index in [0.717, 1.165) is 38.9 Å². The third-order valence-electron chi connectivity index (χ3n) is 8.15. The molecule has 0 spiro atoms. The lowest BCUT2D eigenvalue weighted by Gasteiger charge is -2.32. The minimum Gasteiger partial charge on any atom is -0.481 e. The van der Waals surface area contributed by atoms with E-state index in [1.165, 1.54) is 135 Å². The number of carbonyl (C=O) groups is 2. The highest BCUT2D eigenvalue weighted by Crippen LogP contribution is 2.14. The van der Waals surface area contributed by atoms with Crippen LogP contribution >= 0.6 is 0 Å². The molecular weight excluding hydrogens is 508 g/mol. The molecule has 0 bridgehead atoms. The summed E-state index contributed by atoms with van der Waals surface area (Å²) in [7, 11) is 0. The maximum atomic E-state index is 12.4. The Bertz CT molecular complexity index is 537. The third-order valence-corrected chi connectivity index (χ3v) is 8.15. The van der Waals surface area contributed by atoms with E-state index in [-0.39, 0.29) is 0 Å². The van der Waals surface area contributed by atoms with Gasteiger partial charge >= 0.3 is 5.97 Å². The molecule has 1 N–H and O–H groups in total. The lowest BCUT2D eigenvalue weighted by molar-refractivity contribution is -0.148. The van der Waals surface area contributed by atoms with Gasteiger partial charge in [-0.3, -0.25) is 14.6 Å². The summed E-state index contributed by atoms with van der Waals surface area (Å²) < 4.78 is 0. The predicted molar refractivity (Wildman–Crippen MR) is 179 cm³/mol. The zero-order chi connectivity index (χ0) is 30.8. The minimum absolute atomic E-state index is 0.302. The Kier molecular flexibility index (Phi) is 36.0. The van der Waals surface area contributed by atoms with Gasteiger partial charge in [0.2, 0.25) is 5.91 Å². The van der Waals surface area contributed by atoms with Crippen molar-refractivity contribution in [2.24, 2.45) is 0 Å². The van der Waals surface area contributed by atoms with Crippen LogP contribution in [0.1, 0.15) is 202 Å². The Hall–Kier alpha value is -1.10. The molecule has 0 fully saturated rings. The van der Waals surface area contributed by atoms with E-state index in [4.69, 9.17) is 5.11 Å². The second-order valence-corrected chi connectivity index (χ2v) is 11.9. The summed E-state index contributed by atoms with van der Waals surface area (Å²) in [4.78, 5) is 22.6. The van der Waals surface area contributed by atoms with E-state index in [2.05, 4.69) is 39.6 Å². The second-order valence-electron chi connectivity index (χ2n) is 11.9. The van der Waals surface area contributed by atoms with Crippen molar-refractivity contribution in [3.8, 4) is 0 Å². The average Bonchev–Trinajstić information content (AvgIpc) is 2.97. The number of hydrogen-bond donors (Lipinski definition) is 1. The highest BCUT2D eigenvalue weighted by molar-refractivity contribution is 5.75. The van der Waals surface area contributed by atoms with Crippen LogP contribution in [0.4, 0.5) is 0 Å². The second kappa shape index (κ2) is 35.1. The number of hydrazine groups is 1. The van der Waals surface area contributed by atoms with Gasteiger partial charge in [0.05, 0.1) is 0 Å². The first-order valence-electron chi connectivity index (χ1n) is 18.2. The molecule has 0 heterocycles. The van der Waals surface area contributed by atoms with Gasteiger partial charge in [0.1, 0.15) is 0 Å². The van der Waals surface area contributed by atoms with Gasteiger partial charge in [-0.1, -0.05) is 169 Å². The van der Waals surface area contributed by atoms with Crippen molar-refractivity contribution >= 4 is 11.9 Å². The van der Waals surface area contributed by atoms with E-state index in [1.54, 1.807) is 0 Å². The average molecular weight is 583 g/mol. The van der Waals surface area contributed by atoms with Crippen molar-refractivity contribution in [2.45, 2.75) is 202 Å². The van der Waals surface area contributed by atoms with Crippen molar-refractivity contribution in [2.75, 3.05) is 19.6 Å². The molecule has 0 unspecified atom stereocenters. The number of aliphatic carboxylic acids is 1. The first kappa shape index (κ1) is 42.0. The SMILES string of the molecule is CCCCCCCCCCCC(=O)O.CCCCCCCCCCCCCCCCCC(=O)N(CC)N(CC)CC. The zero-order valence-corrected chi connectivity index (χ0v) is 28.7. The molecule has 5 heteroatoms. The van der Waals surface area contributed by atoms with Gasteiger partial charge in [0, 0.05) is 32.5 Å². The van der Waals surface area contributed by atoms with Crippen LogP contribution in [0.15, 0.2) is 0 Å². The Morgan fingerprint density at radius 2 is 0.707 bits per heavy atom. The summed E-state index contributed by atoms with van der Waals surface area (Å²) in [6.45, 7) is 13.4. The molecule has 0 aromatic carbocycles. The fraction of sp³-hybridized carbons (Fsp3) is 0.944. The van der Waals surface area contributed by atoms with Crippen molar-refractivity contribution < 1.29 is 14.7 Å². The zero-order valence-electron chi connectivity index (χ0n) is 28.7. The first-order valence-corrected chi connectivity index (χ1v) is 18.2. The molecule has 0 aliphatic heterocycles. The summed E-state index contributed by atoms with van der Waals surface area (Å²) >= 11 is 0. The molecule has 0 saturated heterocycles. The fourth-order valence-corrected chi connectivity index (χ4v) is 5.46. The summed E-state index contributed by atoms with van der Waals surface area (Å²) in [5.41, 5.74) is 0.